The third kappa shape index (κ3) is 4.13. The number of nitriles is 1. The minimum Gasteiger partial charge on any atom is -0.365 e. The van der Waals surface area contributed by atoms with Gasteiger partial charge in [0.05, 0.1) is 6.54 Å². The van der Waals surface area contributed by atoms with Crippen LogP contribution in [0.5, 0.6) is 0 Å². The minimum absolute atomic E-state index is 0.127. The highest BCUT2D eigenvalue weighted by Gasteiger charge is 2.22. The van der Waals surface area contributed by atoms with Crippen LogP contribution in [0, 0.1) is 11.3 Å². The number of carbonyl (C=O) groups is 1. The molecular formula is C14H20N6O. The highest BCUT2D eigenvalue weighted by Crippen LogP contribution is 2.16. The molecule has 0 unspecified atom stereocenters. The van der Waals surface area contributed by atoms with Gasteiger partial charge in [0.15, 0.2) is 11.5 Å². The number of carbonyl (C=O) groups excluding carboxylic acids is 1. The van der Waals surface area contributed by atoms with Gasteiger partial charge in [-0.05, 0) is 12.8 Å². The van der Waals surface area contributed by atoms with Crippen molar-refractivity contribution in [1.82, 2.24) is 19.8 Å². The largest absolute Gasteiger partial charge is 0.365 e. The molecule has 0 saturated carbocycles. The molecule has 0 radical (unpaired) electrons. The molecule has 112 valence electrons. The van der Waals surface area contributed by atoms with E-state index in [0.717, 1.165) is 25.9 Å². The number of hydrogen-bond donors (Lipinski definition) is 1. The van der Waals surface area contributed by atoms with E-state index in [-0.39, 0.29) is 11.9 Å². The summed E-state index contributed by atoms with van der Waals surface area (Å²) in [7, 11) is 3.54. The Labute approximate surface area is 124 Å². The Balaban J connectivity index is 1.84. The lowest BCUT2D eigenvalue weighted by atomic mass is 10.0. The van der Waals surface area contributed by atoms with Gasteiger partial charge in [-0.2, -0.15) is 5.26 Å². The Morgan fingerprint density at radius 2 is 2.10 bits per heavy atom. The molecule has 0 atom stereocenters. The smallest absolute Gasteiger partial charge is 0.236 e. The Bertz CT molecular complexity index is 531. The highest BCUT2D eigenvalue weighted by molar-refractivity contribution is 5.77. The summed E-state index contributed by atoms with van der Waals surface area (Å²) in [6.07, 6.45) is 4.93. The normalized spacial score (nSPS) is 16.2. The number of aromatic nitrogens is 2. The molecule has 0 aliphatic carbocycles. The fourth-order valence-corrected chi connectivity index (χ4v) is 2.29. The molecule has 1 amide bonds. The molecule has 21 heavy (non-hydrogen) atoms. The van der Waals surface area contributed by atoms with Gasteiger partial charge in [-0.1, -0.05) is 0 Å². The van der Waals surface area contributed by atoms with Crippen LogP contribution in [0.15, 0.2) is 12.4 Å². The molecule has 1 N–H and O–H groups in total. The lowest BCUT2D eigenvalue weighted by Gasteiger charge is -2.32. The number of hydrogen-bond acceptors (Lipinski definition) is 6. The SMILES string of the molecule is CN(C)C(=O)CN1CCC(Nc2nccnc2C#N)CC1. The van der Waals surface area contributed by atoms with Crippen LogP contribution in [0.3, 0.4) is 0 Å². The summed E-state index contributed by atoms with van der Waals surface area (Å²) in [5, 5.41) is 12.3. The second-order valence-corrected chi connectivity index (χ2v) is 5.35. The lowest BCUT2D eigenvalue weighted by molar-refractivity contribution is -0.130. The third-order valence-electron chi connectivity index (χ3n) is 3.59. The summed E-state index contributed by atoms with van der Waals surface area (Å²) >= 11 is 0. The third-order valence-corrected chi connectivity index (χ3v) is 3.59. The van der Waals surface area contributed by atoms with Crippen molar-refractivity contribution in [2.24, 2.45) is 0 Å². The lowest BCUT2D eigenvalue weighted by Crippen LogP contribution is -2.44. The van der Waals surface area contributed by atoms with Gasteiger partial charge in [0.1, 0.15) is 6.07 Å². The van der Waals surface area contributed by atoms with Gasteiger partial charge in [-0.25, -0.2) is 9.97 Å². The van der Waals surface area contributed by atoms with Gasteiger partial charge in [0, 0.05) is 45.6 Å². The topological polar surface area (TPSA) is 85.2 Å². The maximum Gasteiger partial charge on any atom is 0.236 e. The average Bonchev–Trinajstić information content (AvgIpc) is 2.49. The number of likely N-dealkylation sites (N-methyl/N-ethyl adjacent to an activating group) is 1. The van der Waals surface area contributed by atoms with Crippen LogP contribution in [0.2, 0.25) is 0 Å². The van der Waals surface area contributed by atoms with E-state index in [2.05, 4.69) is 20.2 Å². The summed E-state index contributed by atoms with van der Waals surface area (Å²) in [4.78, 5) is 23.6. The van der Waals surface area contributed by atoms with Crippen LogP contribution in [0.25, 0.3) is 0 Å². The van der Waals surface area contributed by atoms with Gasteiger partial charge in [-0.3, -0.25) is 9.69 Å². The van der Waals surface area contributed by atoms with Crippen LogP contribution in [0.4, 0.5) is 5.82 Å². The summed E-state index contributed by atoms with van der Waals surface area (Å²) < 4.78 is 0. The zero-order valence-corrected chi connectivity index (χ0v) is 12.4. The Morgan fingerprint density at radius 3 is 2.71 bits per heavy atom. The summed E-state index contributed by atoms with van der Waals surface area (Å²) in [6, 6.07) is 2.30. The van der Waals surface area contributed by atoms with Crippen molar-refractivity contribution < 1.29 is 4.79 Å². The number of anilines is 1. The first kappa shape index (κ1) is 15.2. The first-order chi connectivity index (χ1) is 10.1. The van der Waals surface area contributed by atoms with Crippen LogP contribution < -0.4 is 5.32 Å². The van der Waals surface area contributed by atoms with E-state index in [0.29, 0.717) is 18.1 Å². The van der Waals surface area contributed by atoms with Crippen LogP contribution >= 0.6 is 0 Å². The van der Waals surface area contributed by atoms with Crippen molar-refractivity contribution >= 4 is 11.7 Å². The van der Waals surface area contributed by atoms with E-state index in [1.54, 1.807) is 25.2 Å². The predicted octanol–water partition coefficient (Wildman–Crippen LogP) is 0.313. The van der Waals surface area contributed by atoms with E-state index >= 15 is 0 Å². The molecule has 1 aromatic rings. The van der Waals surface area contributed by atoms with E-state index in [1.807, 2.05) is 6.07 Å². The Kier molecular flexibility index (Phi) is 5.06. The summed E-state index contributed by atoms with van der Waals surface area (Å²) in [5.41, 5.74) is 0.322. The van der Waals surface area contributed by atoms with Gasteiger partial charge in [-0.15, -0.1) is 0 Å². The van der Waals surface area contributed by atoms with Gasteiger partial charge < -0.3 is 10.2 Å². The maximum absolute atomic E-state index is 11.7. The number of nitrogens with zero attached hydrogens (tertiary/aromatic N) is 5. The molecule has 1 aromatic heterocycles. The predicted molar refractivity (Wildman–Crippen MR) is 78.5 cm³/mol. The fraction of sp³-hybridized carbons (Fsp3) is 0.571. The number of likely N-dealkylation sites (tertiary alicyclic amines) is 1. The zero-order valence-electron chi connectivity index (χ0n) is 12.4. The quantitative estimate of drug-likeness (QED) is 0.858. The van der Waals surface area contributed by atoms with Crippen molar-refractivity contribution in [3.8, 4) is 6.07 Å². The molecule has 7 heteroatoms. The van der Waals surface area contributed by atoms with Gasteiger partial charge in [0.25, 0.3) is 0 Å². The van der Waals surface area contributed by atoms with Crippen molar-refractivity contribution in [3.05, 3.63) is 18.1 Å². The Hall–Kier alpha value is -2.20. The average molecular weight is 288 g/mol. The number of nitrogens with one attached hydrogen (secondary N) is 1. The van der Waals surface area contributed by atoms with Crippen molar-refractivity contribution in [3.63, 3.8) is 0 Å². The molecule has 1 aliphatic rings. The second-order valence-electron chi connectivity index (χ2n) is 5.35. The summed E-state index contributed by atoms with van der Waals surface area (Å²) in [5.74, 6) is 0.671. The number of rotatable bonds is 4. The molecule has 2 heterocycles. The highest BCUT2D eigenvalue weighted by atomic mass is 16.2. The molecule has 0 spiro atoms. The van der Waals surface area contributed by atoms with Gasteiger partial charge in [0.2, 0.25) is 5.91 Å². The van der Waals surface area contributed by atoms with Crippen molar-refractivity contribution in [2.75, 3.05) is 39.0 Å². The standard InChI is InChI=1S/C14H20N6O/c1-19(2)13(21)10-20-7-3-11(4-8-20)18-14-12(9-15)16-5-6-17-14/h5-6,11H,3-4,7-8,10H2,1-2H3,(H,17,18). The van der Waals surface area contributed by atoms with E-state index < -0.39 is 0 Å². The maximum atomic E-state index is 11.7. The van der Waals surface area contributed by atoms with E-state index in [1.165, 1.54) is 6.20 Å². The Morgan fingerprint density at radius 1 is 1.43 bits per heavy atom. The van der Waals surface area contributed by atoms with Crippen LogP contribution in [0.1, 0.15) is 18.5 Å². The van der Waals surface area contributed by atoms with E-state index in [9.17, 15) is 4.79 Å². The molecule has 2 rings (SSSR count). The second kappa shape index (κ2) is 6.99. The molecule has 1 aliphatic heterocycles. The molecule has 0 bridgehead atoms. The molecule has 7 nitrogen and oxygen atoms in total. The summed E-state index contributed by atoms with van der Waals surface area (Å²) in [6.45, 7) is 2.19. The number of amides is 1. The zero-order chi connectivity index (χ0) is 15.2. The minimum atomic E-state index is 0.127. The van der Waals surface area contributed by atoms with Gasteiger partial charge >= 0.3 is 0 Å². The fourth-order valence-electron chi connectivity index (χ4n) is 2.29. The van der Waals surface area contributed by atoms with Crippen molar-refractivity contribution in [2.45, 2.75) is 18.9 Å². The van der Waals surface area contributed by atoms with Crippen LogP contribution in [-0.2, 0) is 4.79 Å². The first-order valence-corrected chi connectivity index (χ1v) is 7.00. The molecule has 0 aromatic carbocycles. The molecule has 1 saturated heterocycles. The number of piperidine rings is 1. The monoisotopic (exact) mass is 288 g/mol. The first-order valence-electron chi connectivity index (χ1n) is 7.00. The van der Waals surface area contributed by atoms with Crippen LogP contribution in [-0.4, -0.2) is 65.4 Å². The molecule has 1 fully saturated rings. The van der Waals surface area contributed by atoms with E-state index in [4.69, 9.17) is 5.26 Å². The molecular weight excluding hydrogens is 268 g/mol. The van der Waals surface area contributed by atoms with Crippen molar-refractivity contribution in [1.29, 1.82) is 5.26 Å².